The minimum atomic E-state index is -1.06. The van der Waals surface area contributed by atoms with Crippen molar-refractivity contribution in [1.29, 1.82) is 0 Å². The predicted octanol–water partition coefficient (Wildman–Crippen LogP) is 0.788. The standard InChI is InChI=1S/C18H22N2O6/c1-9-4-3-5-11(8-9)25-10(2)16(21)19-20-17(22)14-12-6-7-13(26-12)15(14)18(23)24/h3-5,8,10,12-15H,6-7H2,1-2H3,(H,19,21)(H,20,22)(H,23,24)/t10-,12+,13-,14-,15+/m1/s1. The van der Waals surface area contributed by atoms with Crippen molar-refractivity contribution < 1.29 is 29.0 Å². The van der Waals surface area contributed by atoms with Crippen molar-refractivity contribution in [3.05, 3.63) is 29.8 Å². The zero-order valence-corrected chi connectivity index (χ0v) is 14.6. The van der Waals surface area contributed by atoms with Gasteiger partial charge in [0.25, 0.3) is 5.91 Å². The van der Waals surface area contributed by atoms with Crippen LogP contribution < -0.4 is 15.6 Å². The van der Waals surface area contributed by atoms with E-state index in [0.717, 1.165) is 5.56 Å². The van der Waals surface area contributed by atoms with Crippen LogP contribution in [0.5, 0.6) is 5.75 Å². The molecule has 2 bridgehead atoms. The number of hydrogen-bond acceptors (Lipinski definition) is 5. The van der Waals surface area contributed by atoms with E-state index in [9.17, 15) is 19.5 Å². The van der Waals surface area contributed by atoms with Gasteiger partial charge in [-0.25, -0.2) is 0 Å². The highest BCUT2D eigenvalue weighted by Gasteiger charge is 2.55. The second-order valence-electron chi connectivity index (χ2n) is 6.74. The van der Waals surface area contributed by atoms with Gasteiger partial charge in [-0.3, -0.25) is 25.2 Å². The molecule has 0 aromatic heterocycles. The number of hydrogen-bond donors (Lipinski definition) is 3. The van der Waals surface area contributed by atoms with E-state index < -0.39 is 47.9 Å². The fourth-order valence-electron chi connectivity index (χ4n) is 3.58. The number of carbonyl (C=O) groups excluding carboxylic acids is 2. The largest absolute Gasteiger partial charge is 0.481 e. The molecular formula is C18H22N2O6. The van der Waals surface area contributed by atoms with Gasteiger partial charge in [-0.15, -0.1) is 0 Å². The number of carboxylic acid groups (broad SMARTS) is 1. The smallest absolute Gasteiger partial charge is 0.310 e. The van der Waals surface area contributed by atoms with Gasteiger partial charge in [0.2, 0.25) is 5.91 Å². The number of benzene rings is 1. The topological polar surface area (TPSA) is 114 Å². The van der Waals surface area contributed by atoms with Crippen LogP contribution in [0.1, 0.15) is 25.3 Å². The first-order chi connectivity index (χ1) is 12.4. The summed E-state index contributed by atoms with van der Waals surface area (Å²) in [5.41, 5.74) is 5.61. The van der Waals surface area contributed by atoms with Gasteiger partial charge in [0.1, 0.15) is 5.75 Å². The van der Waals surface area contributed by atoms with Crippen LogP contribution in [0.25, 0.3) is 0 Å². The van der Waals surface area contributed by atoms with E-state index in [1.165, 1.54) is 0 Å². The monoisotopic (exact) mass is 362 g/mol. The van der Waals surface area contributed by atoms with Gasteiger partial charge in [0, 0.05) is 0 Å². The van der Waals surface area contributed by atoms with E-state index in [0.29, 0.717) is 18.6 Å². The van der Waals surface area contributed by atoms with Gasteiger partial charge >= 0.3 is 5.97 Å². The van der Waals surface area contributed by atoms with Crippen LogP contribution in [-0.2, 0) is 19.1 Å². The molecule has 140 valence electrons. The zero-order chi connectivity index (χ0) is 18.8. The van der Waals surface area contributed by atoms with Gasteiger partial charge in [-0.2, -0.15) is 0 Å². The lowest BCUT2D eigenvalue weighted by Gasteiger charge is -2.24. The minimum absolute atomic E-state index is 0.418. The molecule has 2 aliphatic rings. The van der Waals surface area contributed by atoms with Crippen LogP contribution in [0.15, 0.2) is 24.3 Å². The lowest BCUT2D eigenvalue weighted by molar-refractivity contribution is -0.148. The number of nitrogens with one attached hydrogen (secondary N) is 2. The van der Waals surface area contributed by atoms with Crippen molar-refractivity contribution >= 4 is 17.8 Å². The van der Waals surface area contributed by atoms with Gasteiger partial charge in [0.05, 0.1) is 24.0 Å². The molecule has 1 aromatic rings. The first-order valence-corrected chi connectivity index (χ1v) is 8.58. The van der Waals surface area contributed by atoms with Crippen molar-refractivity contribution in [2.45, 2.75) is 45.0 Å². The Balaban J connectivity index is 1.54. The van der Waals surface area contributed by atoms with E-state index in [1.54, 1.807) is 19.1 Å². The first-order valence-electron chi connectivity index (χ1n) is 8.58. The molecule has 0 spiro atoms. The molecule has 3 N–H and O–H groups in total. The Bertz CT molecular complexity index is 721. The number of carboxylic acids is 1. The lowest BCUT2D eigenvalue weighted by atomic mass is 9.79. The molecule has 3 rings (SSSR count). The van der Waals surface area contributed by atoms with E-state index >= 15 is 0 Å². The number of rotatable bonds is 5. The number of ether oxygens (including phenoxy) is 2. The number of fused-ring (bicyclic) bond motifs is 2. The molecule has 26 heavy (non-hydrogen) atoms. The van der Waals surface area contributed by atoms with Crippen LogP contribution in [0.4, 0.5) is 0 Å². The summed E-state index contributed by atoms with van der Waals surface area (Å²) in [6, 6.07) is 7.26. The summed E-state index contributed by atoms with van der Waals surface area (Å²) in [5.74, 6) is -3.28. The van der Waals surface area contributed by atoms with E-state index in [-0.39, 0.29) is 0 Å². The predicted molar refractivity (Wildman–Crippen MR) is 90.1 cm³/mol. The van der Waals surface area contributed by atoms with Gasteiger partial charge < -0.3 is 14.6 Å². The number of carbonyl (C=O) groups is 3. The Morgan fingerprint density at radius 1 is 1.19 bits per heavy atom. The molecule has 0 radical (unpaired) electrons. The number of aryl methyl sites for hydroxylation is 1. The van der Waals surface area contributed by atoms with Crippen molar-refractivity contribution in [2.75, 3.05) is 0 Å². The second kappa shape index (κ2) is 7.33. The third kappa shape index (κ3) is 3.65. The highest BCUT2D eigenvalue weighted by Crippen LogP contribution is 2.43. The highest BCUT2D eigenvalue weighted by atomic mass is 16.5. The SMILES string of the molecule is Cc1cccc(O[C@H](C)C(=O)NNC(=O)[C@H]2[C@@H](C(=O)O)[C@H]3CC[C@@H]2O3)c1. The van der Waals surface area contributed by atoms with Crippen molar-refractivity contribution in [1.82, 2.24) is 10.9 Å². The molecule has 8 heteroatoms. The summed E-state index contributed by atoms with van der Waals surface area (Å²) >= 11 is 0. The Hall–Kier alpha value is -2.61. The van der Waals surface area contributed by atoms with Crippen LogP contribution in [0.3, 0.4) is 0 Å². The molecule has 0 aliphatic carbocycles. The molecule has 2 amide bonds. The maximum Gasteiger partial charge on any atom is 0.310 e. The normalized spacial score (nSPS) is 27.6. The third-order valence-corrected chi connectivity index (χ3v) is 4.84. The molecule has 2 aliphatic heterocycles. The Morgan fingerprint density at radius 3 is 2.54 bits per heavy atom. The summed E-state index contributed by atoms with van der Waals surface area (Å²) in [5, 5.41) is 9.34. The highest BCUT2D eigenvalue weighted by molar-refractivity contribution is 5.89. The van der Waals surface area contributed by atoms with Gasteiger partial charge in [-0.1, -0.05) is 12.1 Å². The van der Waals surface area contributed by atoms with Crippen LogP contribution in [0.2, 0.25) is 0 Å². The molecule has 0 saturated carbocycles. The number of amides is 2. The molecule has 8 nitrogen and oxygen atoms in total. The summed E-state index contributed by atoms with van der Waals surface area (Å²) in [7, 11) is 0. The number of hydrazine groups is 1. The fraction of sp³-hybridized carbons (Fsp3) is 0.500. The molecule has 1 aromatic carbocycles. The average molecular weight is 362 g/mol. The molecule has 2 saturated heterocycles. The quantitative estimate of drug-likeness (QED) is 0.667. The maximum atomic E-state index is 12.4. The van der Waals surface area contributed by atoms with Crippen molar-refractivity contribution in [3.8, 4) is 5.75 Å². The molecule has 2 heterocycles. The van der Waals surface area contributed by atoms with Crippen LogP contribution in [-0.4, -0.2) is 41.2 Å². The second-order valence-corrected chi connectivity index (χ2v) is 6.74. The Morgan fingerprint density at radius 2 is 1.88 bits per heavy atom. The minimum Gasteiger partial charge on any atom is -0.481 e. The fourth-order valence-corrected chi connectivity index (χ4v) is 3.58. The average Bonchev–Trinajstić information content (AvgIpc) is 3.20. The molecule has 0 unspecified atom stereocenters. The first kappa shape index (κ1) is 18.2. The van der Waals surface area contributed by atoms with Crippen LogP contribution >= 0.6 is 0 Å². The van der Waals surface area contributed by atoms with Crippen LogP contribution in [0, 0.1) is 18.8 Å². The number of aliphatic carboxylic acids is 1. The van der Waals surface area contributed by atoms with E-state index in [2.05, 4.69) is 10.9 Å². The zero-order valence-electron chi connectivity index (χ0n) is 14.6. The van der Waals surface area contributed by atoms with E-state index in [1.807, 2.05) is 19.1 Å². The summed E-state index contributed by atoms with van der Waals surface area (Å²) in [6.45, 7) is 3.47. The molecular weight excluding hydrogens is 340 g/mol. The molecule has 5 atom stereocenters. The lowest BCUT2D eigenvalue weighted by Crippen LogP contribution is -2.52. The van der Waals surface area contributed by atoms with Crippen molar-refractivity contribution in [3.63, 3.8) is 0 Å². The Kier molecular flexibility index (Phi) is 5.13. The van der Waals surface area contributed by atoms with E-state index in [4.69, 9.17) is 9.47 Å². The summed E-state index contributed by atoms with van der Waals surface area (Å²) in [6.07, 6.45) is -0.401. The van der Waals surface area contributed by atoms with Gasteiger partial charge in [-0.05, 0) is 44.4 Å². The van der Waals surface area contributed by atoms with Crippen molar-refractivity contribution in [2.24, 2.45) is 11.8 Å². The summed E-state index contributed by atoms with van der Waals surface area (Å²) < 4.78 is 11.1. The van der Waals surface area contributed by atoms with Gasteiger partial charge in [0.15, 0.2) is 6.10 Å². The third-order valence-electron chi connectivity index (χ3n) is 4.84. The summed E-state index contributed by atoms with van der Waals surface area (Å²) in [4.78, 5) is 35.9. The molecule has 2 fully saturated rings. The maximum absolute atomic E-state index is 12.4. The Labute approximate surface area is 150 Å².